The number of pyridine rings is 1. The van der Waals surface area contributed by atoms with E-state index in [0.29, 0.717) is 22.6 Å². The summed E-state index contributed by atoms with van der Waals surface area (Å²) in [5, 5.41) is 11.0. The van der Waals surface area contributed by atoms with Crippen LogP contribution in [0.4, 0.5) is 5.69 Å². The Kier molecular flexibility index (Phi) is 5.84. The highest BCUT2D eigenvalue weighted by molar-refractivity contribution is 7.61. The molecule has 7 nitrogen and oxygen atoms in total. The van der Waals surface area contributed by atoms with E-state index in [2.05, 4.69) is 4.36 Å². The number of rotatable bonds is 6. The smallest absolute Gasteiger partial charge is 0.316 e. The summed E-state index contributed by atoms with van der Waals surface area (Å²) in [5.41, 5.74) is 6.97. The Hall–Kier alpha value is -2.71. The van der Waals surface area contributed by atoms with Gasteiger partial charge in [-0.2, -0.15) is 13.1 Å². The molecule has 2 aromatic rings. The van der Waals surface area contributed by atoms with Crippen molar-refractivity contribution in [2.45, 2.75) is 0 Å². The maximum atomic E-state index is 11.0. The van der Waals surface area contributed by atoms with Crippen molar-refractivity contribution in [3.8, 4) is 5.75 Å². The molecule has 0 amide bonds. The second-order valence-corrected chi connectivity index (χ2v) is 5.08. The first-order chi connectivity index (χ1) is 11.1. The molecular weight excluding hydrogens is 318 g/mol. The third kappa shape index (κ3) is 4.90. The van der Waals surface area contributed by atoms with Crippen molar-refractivity contribution in [1.29, 1.82) is 0 Å². The van der Waals surface area contributed by atoms with Gasteiger partial charge in [-0.3, -0.25) is 0 Å². The lowest BCUT2D eigenvalue weighted by Gasteiger charge is -2.08. The number of ether oxygens (including phenoxy) is 1. The second kappa shape index (κ2) is 8.06. The molecule has 0 aliphatic carbocycles. The van der Waals surface area contributed by atoms with Crippen molar-refractivity contribution in [1.82, 2.24) is 0 Å². The number of nitrogens with zero attached hydrogens (tertiary/aromatic N) is 2. The summed E-state index contributed by atoms with van der Waals surface area (Å²) < 4.78 is 31.6. The van der Waals surface area contributed by atoms with Crippen molar-refractivity contribution in [2.24, 2.45) is 10.1 Å². The Morgan fingerprint density at radius 1 is 1.22 bits per heavy atom. The average Bonchev–Trinajstić information content (AvgIpc) is 2.53. The summed E-state index contributed by atoms with van der Waals surface area (Å²) in [7, 11) is -2.61. The van der Waals surface area contributed by atoms with E-state index in [1.807, 2.05) is 0 Å². The van der Waals surface area contributed by atoms with Gasteiger partial charge in [0.2, 0.25) is 0 Å². The monoisotopic (exact) mass is 333 g/mol. The predicted molar refractivity (Wildman–Crippen MR) is 86.3 cm³/mol. The van der Waals surface area contributed by atoms with Crippen LogP contribution in [0, 0.1) is 5.21 Å². The highest BCUT2D eigenvalue weighted by Crippen LogP contribution is 2.32. The number of hydrogen-bond donors (Lipinski definition) is 1. The number of nitrogens with two attached hydrogens (primary N) is 1. The van der Waals surface area contributed by atoms with Crippen LogP contribution in [0.5, 0.6) is 5.75 Å². The van der Waals surface area contributed by atoms with Gasteiger partial charge < -0.3 is 15.7 Å². The Balaban J connectivity index is 2.40. The van der Waals surface area contributed by atoms with Crippen LogP contribution in [0.1, 0.15) is 11.1 Å². The Bertz CT molecular complexity index is 822. The summed E-state index contributed by atoms with van der Waals surface area (Å²) in [5.74, 6) is 0.340. The third-order valence-electron chi connectivity index (χ3n) is 2.85. The highest BCUT2D eigenvalue weighted by Gasteiger charge is 2.08. The predicted octanol–water partition coefficient (Wildman–Crippen LogP) is 1.52. The topological polar surface area (TPSA) is 109 Å². The fourth-order valence-corrected chi connectivity index (χ4v) is 2.20. The van der Waals surface area contributed by atoms with Crippen LogP contribution >= 0.6 is 0 Å². The van der Waals surface area contributed by atoms with Crippen LogP contribution in [0.25, 0.3) is 12.2 Å². The summed E-state index contributed by atoms with van der Waals surface area (Å²) in [4.78, 5) is 0. The maximum absolute atomic E-state index is 11.0. The molecule has 2 rings (SSSR count). The van der Waals surface area contributed by atoms with Gasteiger partial charge in [-0.05, 0) is 11.6 Å². The fourth-order valence-electron chi connectivity index (χ4n) is 1.85. The molecule has 0 saturated carbocycles. The van der Waals surface area contributed by atoms with Crippen LogP contribution in [-0.2, 0) is 10.5 Å². The van der Waals surface area contributed by atoms with Crippen LogP contribution < -0.4 is 15.2 Å². The van der Waals surface area contributed by atoms with Gasteiger partial charge in [0.25, 0.3) is 0 Å². The number of benzene rings is 1. The lowest BCUT2D eigenvalue weighted by atomic mass is 10.1. The van der Waals surface area contributed by atoms with E-state index in [-0.39, 0.29) is 12.3 Å². The summed E-state index contributed by atoms with van der Waals surface area (Å²) >= 11 is 0. The largest absolute Gasteiger partial charge is 0.619 e. The van der Waals surface area contributed by atoms with E-state index < -0.39 is 10.5 Å². The number of aromatic nitrogens is 1. The van der Waals surface area contributed by atoms with E-state index in [9.17, 15) is 13.6 Å². The van der Waals surface area contributed by atoms with E-state index in [1.165, 1.54) is 12.4 Å². The van der Waals surface area contributed by atoms with Gasteiger partial charge >= 0.3 is 10.5 Å². The minimum Gasteiger partial charge on any atom is -0.619 e. The van der Waals surface area contributed by atoms with Gasteiger partial charge in [-0.1, -0.05) is 24.3 Å². The summed E-state index contributed by atoms with van der Waals surface area (Å²) in [6.45, 7) is 0.558. The molecule has 0 unspecified atom stereocenters. The molecule has 0 fully saturated rings. The maximum Gasteiger partial charge on any atom is 0.316 e. The average molecular weight is 333 g/mol. The van der Waals surface area contributed by atoms with E-state index >= 15 is 0 Å². The zero-order chi connectivity index (χ0) is 16.7. The van der Waals surface area contributed by atoms with Crippen LogP contribution in [0.15, 0.2) is 47.1 Å². The zero-order valence-corrected chi connectivity index (χ0v) is 12.9. The molecule has 0 saturated heterocycles. The lowest BCUT2D eigenvalue weighted by molar-refractivity contribution is -0.605. The van der Waals surface area contributed by atoms with Crippen LogP contribution in [0.3, 0.4) is 0 Å². The SMILES string of the molecule is NCCOc1cccc(C=Cc2cc[n+]([O-])cc2)c1N=S(=O)=O. The molecule has 0 atom stereocenters. The first-order valence-corrected chi connectivity index (χ1v) is 7.77. The van der Waals surface area contributed by atoms with E-state index in [0.717, 1.165) is 5.56 Å². The first-order valence-electron chi connectivity index (χ1n) is 6.74. The Morgan fingerprint density at radius 2 is 1.96 bits per heavy atom. The second-order valence-electron chi connectivity index (χ2n) is 4.46. The standard InChI is InChI=1S/C15H15N3O4S/c16-8-11-22-14-3-1-2-13(15(14)17-23(20)21)5-4-12-6-9-18(19)10-7-12/h1-7,9-10H,8,11,16H2. The quantitative estimate of drug-likeness (QED) is 0.637. The molecule has 1 aromatic carbocycles. The molecule has 0 spiro atoms. The van der Waals surface area contributed by atoms with Crippen molar-refractivity contribution < 1.29 is 17.9 Å². The molecule has 1 heterocycles. The van der Waals surface area contributed by atoms with Crippen molar-refractivity contribution in [2.75, 3.05) is 13.2 Å². The minimum atomic E-state index is -2.61. The minimum absolute atomic E-state index is 0.209. The molecule has 0 aliphatic heterocycles. The summed E-state index contributed by atoms with van der Waals surface area (Å²) in [6.07, 6.45) is 6.19. The molecule has 0 bridgehead atoms. The fraction of sp³-hybridized carbons (Fsp3) is 0.133. The van der Waals surface area contributed by atoms with Crippen LogP contribution in [0.2, 0.25) is 0 Å². The Labute approximate surface area is 134 Å². The van der Waals surface area contributed by atoms with Crippen molar-refractivity contribution in [3.05, 3.63) is 59.1 Å². The van der Waals surface area contributed by atoms with E-state index in [4.69, 9.17) is 10.5 Å². The number of hydrogen-bond acceptors (Lipinski definition) is 6. The van der Waals surface area contributed by atoms with Crippen LogP contribution in [-0.4, -0.2) is 21.6 Å². The molecule has 0 aliphatic rings. The van der Waals surface area contributed by atoms with Crippen molar-refractivity contribution in [3.63, 3.8) is 0 Å². The van der Waals surface area contributed by atoms with Gasteiger partial charge in [0.15, 0.2) is 12.4 Å². The molecule has 8 heteroatoms. The molecule has 2 N–H and O–H groups in total. The van der Waals surface area contributed by atoms with Gasteiger partial charge in [-0.25, -0.2) is 0 Å². The first kappa shape index (κ1) is 16.7. The molecule has 23 heavy (non-hydrogen) atoms. The molecule has 1 aromatic heterocycles. The molecule has 120 valence electrons. The van der Waals surface area contributed by atoms with E-state index in [1.54, 1.807) is 42.5 Å². The summed E-state index contributed by atoms with van der Waals surface area (Å²) in [6, 6.07) is 8.35. The third-order valence-corrected chi connectivity index (χ3v) is 3.19. The lowest BCUT2D eigenvalue weighted by Crippen LogP contribution is -2.23. The van der Waals surface area contributed by atoms with Crippen molar-refractivity contribution >= 4 is 28.3 Å². The highest BCUT2D eigenvalue weighted by atomic mass is 32.2. The zero-order valence-electron chi connectivity index (χ0n) is 12.1. The molecule has 0 radical (unpaired) electrons. The van der Waals surface area contributed by atoms with Gasteiger partial charge in [0.05, 0.1) is 0 Å². The Morgan fingerprint density at radius 3 is 2.61 bits per heavy atom. The van der Waals surface area contributed by atoms with Gasteiger partial charge in [-0.15, -0.1) is 4.36 Å². The molecular formula is C15H15N3O4S. The van der Waals surface area contributed by atoms with Gasteiger partial charge in [0.1, 0.15) is 18.0 Å². The normalized spacial score (nSPS) is 10.7. The van der Waals surface area contributed by atoms with Gasteiger partial charge in [0, 0.05) is 24.2 Å².